The molecule has 5 nitrogen and oxygen atoms in total. The van der Waals surface area contributed by atoms with E-state index >= 15 is 0 Å². The Morgan fingerprint density at radius 1 is 1.40 bits per heavy atom. The highest BCUT2D eigenvalue weighted by atomic mass is 35.5. The van der Waals surface area contributed by atoms with E-state index in [1.54, 1.807) is 0 Å². The molecule has 2 N–H and O–H groups in total. The lowest BCUT2D eigenvalue weighted by Gasteiger charge is -2.07. The molecule has 90 valence electrons. The average Bonchev–Trinajstić information content (AvgIpc) is 2.14. The van der Waals surface area contributed by atoms with Crippen LogP contribution in [0.1, 0.15) is 20.3 Å². The molecule has 0 aromatic heterocycles. The number of alkyl halides is 1. The van der Waals surface area contributed by atoms with E-state index in [1.165, 1.54) is 0 Å². The number of carbonyl (C=O) groups excluding carboxylic acids is 1. The van der Waals surface area contributed by atoms with Gasteiger partial charge in [-0.05, 0) is 5.92 Å². The van der Waals surface area contributed by atoms with Gasteiger partial charge in [-0.1, -0.05) is 13.8 Å². The Morgan fingerprint density at radius 2 is 2.00 bits per heavy atom. The van der Waals surface area contributed by atoms with Crippen molar-refractivity contribution in [2.45, 2.75) is 20.3 Å². The van der Waals surface area contributed by atoms with Gasteiger partial charge in [0.15, 0.2) is 0 Å². The van der Waals surface area contributed by atoms with E-state index in [9.17, 15) is 13.2 Å². The van der Waals surface area contributed by atoms with Crippen molar-refractivity contribution >= 4 is 27.5 Å². The van der Waals surface area contributed by atoms with E-state index in [-0.39, 0.29) is 18.9 Å². The van der Waals surface area contributed by atoms with E-state index in [4.69, 9.17) is 11.6 Å². The Balaban J connectivity index is 3.65. The van der Waals surface area contributed by atoms with Gasteiger partial charge in [0.05, 0.1) is 0 Å². The molecule has 0 saturated heterocycles. The van der Waals surface area contributed by atoms with Crippen LogP contribution in [-0.2, 0) is 14.8 Å². The van der Waals surface area contributed by atoms with Gasteiger partial charge in [-0.15, -0.1) is 11.6 Å². The largest absolute Gasteiger partial charge is 0.356 e. The number of hydrogen-bond acceptors (Lipinski definition) is 3. The Hall–Kier alpha value is -0.330. The minimum Gasteiger partial charge on any atom is -0.356 e. The van der Waals surface area contributed by atoms with Crippen LogP contribution in [0.15, 0.2) is 0 Å². The highest BCUT2D eigenvalue weighted by Gasteiger charge is 2.08. The van der Waals surface area contributed by atoms with Crippen LogP contribution in [0.5, 0.6) is 0 Å². The molecule has 0 radical (unpaired) electrons. The number of hydrogen-bond donors (Lipinski definition) is 2. The minimum atomic E-state index is -3.41. The lowest BCUT2D eigenvalue weighted by Crippen LogP contribution is -2.32. The van der Waals surface area contributed by atoms with E-state index in [2.05, 4.69) is 10.0 Å². The Morgan fingerprint density at radius 3 is 2.47 bits per heavy atom. The molecule has 0 rings (SSSR count). The minimum absolute atomic E-state index is 0.0823. The third-order valence-corrected chi connectivity index (χ3v) is 3.32. The molecule has 0 aromatic rings. The summed E-state index contributed by atoms with van der Waals surface area (Å²) in [5.74, 6) is 0.217. The second-order valence-corrected chi connectivity index (χ2v) is 5.96. The van der Waals surface area contributed by atoms with Crippen molar-refractivity contribution in [3.63, 3.8) is 0 Å². The van der Waals surface area contributed by atoms with Crippen molar-refractivity contribution in [1.29, 1.82) is 0 Å². The molecule has 0 spiro atoms. The lowest BCUT2D eigenvalue weighted by atomic mass is 10.2. The predicted molar refractivity (Wildman–Crippen MR) is 60.1 cm³/mol. The normalized spacial score (nSPS) is 11.7. The van der Waals surface area contributed by atoms with E-state index < -0.39 is 15.2 Å². The molecule has 0 bridgehead atoms. The SMILES string of the molecule is CC(C)CNC(=O)CCNS(=O)(=O)CCl. The first kappa shape index (κ1) is 14.7. The summed E-state index contributed by atoms with van der Waals surface area (Å²) < 4.78 is 24.0. The van der Waals surface area contributed by atoms with Crippen LogP contribution in [0.25, 0.3) is 0 Å². The second kappa shape index (κ2) is 7.03. The molecule has 0 aliphatic carbocycles. The summed E-state index contributed by atoms with van der Waals surface area (Å²) in [6, 6.07) is 0. The van der Waals surface area contributed by atoms with Crippen LogP contribution in [0.2, 0.25) is 0 Å². The van der Waals surface area contributed by atoms with Gasteiger partial charge in [0.1, 0.15) is 5.21 Å². The molecule has 15 heavy (non-hydrogen) atoms. The first-order chi connectivity index (χ1) is 6.87. The number of sulfonamides is 1. The van der Waals surface area contributed by atoms with Crippen LogP contribution in [-0.4, -0.2) is 32.6 Å². The summed E-state index contributed by atoms with van der Waals surface area (Å²) in [6.45, 7) is 4.65. The number of halogens is 1. The highest BCUT2D eigenvalue weighted by Crippen LogP contribution is 1.90. The molecule has 7 heteroatoms. The van der Waals surface area contributed by atoms with Gasteiger partial charge < -0.3 is 5.32 Å². The molecular weight excluding hydrogens is 240 g/mol. The fourth-order valence-corrected chi connectivity index (χ4v) is 1.49. The average molecular weight is 257 g/mol. The van der Waals surface area contributed by atoms with Gasteiger partial charge in [0.2, 0.25) is 15.9 Å². The van der Waals surface area contributed by atoms with Gasteiger partial charge in [-0.25, -0.2) is 13.1 Å². The number of amides is 1. The lowest BCUT2D eigenvalue weighted by molar-refractivity contribution is -0.121. The Bertz CT molecular complexity index is 290. The highest BCUT2D eigenvalue weighted by molar-refractivity contribution is 7.90. The summed E-state index contributed by atoms with van der Waals surface area (Å²) in [5.41, 5.74) is 0. The zero-order valence-corrected chi connectivity index (χ0v) is 10.5. The molecule has 0 aromatic carbocycles. The maximum Gasteiger partial charge on any atom is 0.225 e. The van der Waals surface area contributed by atoms with E-state index in [0.717, 1.165) is 0 Å². The zero-order valence-electron chi connectivity index (χ0n) is 8.92. The summed E-state index contributed by atoms with van der Waals surface area (Å²) in [6.07, 6.45) is 0.128. The monoisotopic (exact) mass is 256 g/mol. The Labute approximate surface area is 95.6 Å². The van der Waals surface area contributed by atoms with Crippen molar-refractivity contribution in [2.24, 2.45) is 5.92 Å². The molecule has 0 saturated carbocycles. The van der Waals surface area contributed by atoms with Crippen molar-refractivity contribution in [3.05, 3.63) is 0 Å². The van der Waals surface area contributed by atoms with Crippen LogP contribution in [0.3, 0.4) is 0 Å². The number of carbonyl (C=O) groups is 1. The molecule has 0 fully saturated rings. The van der Waals surface area contributed by atoms with Crippen LogP contribution < -0.4 is 10.0 Å². The molecule has 0 atom stereocenters. The fraction of sp³-hybridized carbons (Fsp3) is 0.875. The summed E-state index contributed by atoms with van der Waals surface area (Å²) >= 11 is 5.16. The first-order valence-electron chi connectivity index (χ1n) is 4.67. The molecule has 1 amide bonds. The van der Waals surface area contributed by atoms with Crippen LogP contribution in [0, 0.1) is 5.92 Å². The fourth-order valence-electron chi connectivity index (χ4n) is 0.765. The number of rotatable bonds is 7. The van der Waals surface area contributed by atoms with Crippen LogP contribution in [0.4, 0.5) is 0 Å². The Kier molecular flexibility index (Phi) is 6.87. The quantitative estimate of drug-likeness (QED) is 0.642. The molecule has 0 unspecified atom stereocenters. The van der Waals surface area contributed by atoms with Crippen molar-refractivity contribution in [1.82, 2.24) is 10.0 Å². The van der Waals surface area contributed by atoms with Gasteiger partial charge in [-0.2, -0.15) is 0 Å². The first-order valence-corrected chi connectivity index (χ1v) is 6.86. The van der Waals surface area contributed by atoms with Gasteiger partial charge in [0.25, 0.3) is 0 Å². The summed E-state index contributed by atoms with van der Waals surface area (Å²) in [5, 5.41) is 2.19. The summed E-state index contributed by atoms with van der Waals surface area (Å²) in [7, 11) is -3.41. The van der Waals surface area contributed by atoms with Gasteiger partial charge >= 0.3 is 0 Å². The van der Waals surface area contributed by atoms with Gasteiger partial charge in [0, 0.05) is 19.5 Å². The summed E-state index contributed by atoms with van der Waals surface area (Å²) in [4.78, 5) is 11.1. The second-order valence-electron chi connectivity index (χ2n) is 3.57. The van der Waals surface area contributed by atoms with Gasteiger partial charge in [-0.3, -0.25) is 4.79 Å². The molecule has 0 aliphatic rings. The predicted octanol–water partition coefficient (Wildman–Crippen LogP) is 0.264. The van der Waals surface area contributed by atoms with Crippen molar-refractivity contribution < 1.29 is 13.2 Å². The molecular formula is C8H17ClN2O3S. The van der Waals surface area contributed by atoms with Crippen LogP contribution >= 0.6 is 11.6 Å². The third-order valence-electron chi connectivity index (χ3n) is 1.53. The molecule has 0 aliphatic heterocycles. The maximum atomic E-state index is 11.1. The molecule has 0 heterocycles. The topological polar surface area (TPSA) is 75.3 Å². The number of nitrogens with one attached hydrogen (secondary N) is 2. The van der Waals surface area contributed by atoms with Crippen molar-refractivity contribution in [3.8, 4) is 0 Å². The van der Waals surface area contributed by atoms with E-state index in [1.807, 2.05) is 13.8 Å². The standard InChI is InChI=1S/C8H17ClN2O3S/c1-7(2)5-10-8(12)3-4-11-15(13,14)6-9/h7,11H,3-6H2,1-2H3,(H,10,12). The van der Waals surface area contributed by atoms with E-state index in [0.29, 0.717) is 12.5 Å². The smallest absolute Gasteiger partial charge is 0.225 e. The third kappa shape index (κ3) is 8.65. The zero-order chi connectivity index (χ0) is 11.9. The maximum absolute atomic E-state index is 11.1. The van der Waals surface area contributed by atoms with Crippen molar-refractivity contribution in [2.75, 3.05) is 18.3 Å².